The number of primary amides is 1. The minimum Gasteiger partial charge on any atom is -0.406 e. The van der Waals surface area contributed by atoms with Gasteiger partial charge >= 0.3 is 12.4 Å². The number of amides is 2. The number of urea groups is 1. The number of carbonyl (C=O) groups is 1. The summed E-state index contributed by atoms with van der Waals surface area (Å²) in [5, 5.41) is 0. The highest BCUT2D eigenvalue weighted by molar-refractivity contribution is 5.72. The Balaban J connectivity index is 1.53. The Bertz CT molecular complexity index is 1160. The Labute approximate surface area is 241 Å². The first kappa shape index (κ1) is 30.8. The molecule has 2 saturated heterocycles. The van der Waals surface area contributed by atoms with Crippen LogP contribution in [-0.4, -0.2) is 65.9 Å². The van der Waals surface area contributed by atoms with Crippen LogP contribution in [0, 0.1) is 11.3 Å². The molecular formula is C32H43F3N4O2. The van der Waals surface area contributed by atoms with Crippen molar-refractivity contribution in [2.24, 2.45) is 17.1 Å². The van der Waals surface area contributed by atoms with E-state index < -0.39 is 6.36 Å². The fourth-order valence-corrected chi connectivity index (χ4v) is 6.32. The van der Waals surface area contributed by atoms with Crippen molar-refractivity contribution in [3.05, 3.63) is 78.0 Å². The molecule has 4 rings (SSSR count). The first-order valence-corrected chi connectivity index (χ1v) is 14.4. The molecular weight excluding hydrogens is 529 g/mol. The Morgan fingerprint density at radius 2 is 1.59 bits per heavy atom. The summed E-state index contributed by atoms with van der Waals surface area (Å²) in [5.41, 5.74) is 8.72. The third-order valence-corrected chi connectivity index (χ3v) is 8.13. The Kier molecular flexibility index (Phi) is 9.57. The molecule has 9 heteroatoms. The van der Waals surface area contributed by atoms with Crippen LogP contribution < -0.4 is 10.5 Å². The van der Waals surface area contributed by atoms with Gasteiger partial charge in [-0.25, -0.2) is 4.79 Å². The molecule has 2 aliphatic rings. The largest absolute Gasteiger partial charge is 0.573 e. The lowest BCUT2D eigenvalue weighted by molar-refractivity contribution is -0.274. The van der Waals surface area contributed by atoms with Gasteiger partial charge in [0, 0.05) is 44.5 Å². The quantitative estimate of drug-likeness (QED) is 0.378. The van der Waals surface area contributed by atoms with Gasteiger partial charge in [-0.05, 0) is 60.3 Å². The average molecular weight is 573 g/mol. The van der Waals surface area contributed by atoms with Gasteiger partial charge in [0.2, 0.25) is 0 Å². The van der Waals surface area contributed by atoms with E-state index in [1.807, 2.05) is 18.2 Å². The monoisotopic (exact) mass is 572 g/mol. The molecule has 2 aromatic carbocycles. The van der Waals surface area contributed by atoms with Gasteiger partial charge in [-0.1, -0.05) is 69.8 Å². The van der Waals surface area contributed by atoms with Crippen molar-refractivity contribution in [2.45, 2.75) is 64.9 Å². The number of rotatable bonds is 8. The summed E-state index contributed by atoms with van der Waals surface area (Å²) in [5.74, 6) is 0.252. The Morgan fingerprint density at radius 1 is 0.976 bits per heavy atom. The summed E-state index contributed by atoms with van der Waals surface area (Å²) in [7, 11) is 0. The lowest BCUT2D eigenvalue weighted by atomic mass is 9.85. The maximum Gasteiger partial charge on any atom is 0.573 e. The van der Waals surface area contributed by atoms with Crippen LogP contribution in [0.2, 0.25) is 0 Å². The van der Waals surface area contributed by atoms with Crippen molar-refractivity contribution in [3.63, 3.8) is 0 Å². The number of allylic oxidation sites excluding steroid dienone is 1. The molecule has 2 fully saturated rings. The van der Waals surface area contributed by atoms with Crippen molar-refractivity contribution < 1.29 is 22.7 Å². The van der Waals surface area contributed by atoms with Crippen molar-refractivity contribution >= 4 is 6.03 Å². The number of halogens is 3. The second-order valence-corrected chi connectivity index (χ2v) is 12.6. The highest BCUT2D eigenvalue weighted by atomic mass is 19.4. The Hall–Kier alpha value is -3.20. The van der Waals surface area contributed by atoms with Gasteiger partial charge in [0.1, 0.15) is 5.75 Å². The average Bonchev–Trinajstić information content (AvgIpc) is 2.89. The molecule has 6 nitrogen and oxygen atoms in total. The van der Waals surface area contributed by atoms with Gasteiger partial charge in [-0.15, -0.1) is 13.2 Å². The highest BCUT2D eigenvalue weighted by Crippen LogP contribution is 2.37. The first-order valence-electron chi connectivity index (χ1n) is 14.4. The number of nitrogens with zero attached hydrogens (tertiary/aromatic N) is 3. The number of benzene rings is 2. The fraction of sp³-hybridized carbons (Fsp3) is 0.531. The third-order valence-electron chi connectivity index (χ3n) is 8.13. The van der Waals surface area contributed by atoms with Crippen LogP contribution in [0.5, 0.6) is 5.75 Å². The minimum atomic E-state index is -4.72. The highest BCUT2D eigenvalue weighted by Gasteiger charge is 2.36. The van der Waals surface area contributed by atoms with E-state index in [4.69, 9.17) is 5.73 Å². The van der Waals surface area contributed by atoms with E-state index in [-0.39, 0.29) is 29.3 Å². The van der Waals surface area contributed by atoms with E-state index in [1.54, 1.807) is 17.0 Å². The summed E-state index contributed by atoms with van der Waals surface area (Å²) in [6.07, 6.45) is -0.997. The molecule has 41 heavy (non-hydrogen) atoms. The lowest BCUT2D eigenvalue weighted by Crippen LogP contribution is -2.54. The molecule has 0 saturated carbocycles. The van der Waals surface area contributed by atoms with Crippen LogP contribution >= 0.6 is 0 Å². The van der Waals surface area contributed by atoms with E-state index in [9.17, 15) is 18.0 Å². The maximum absolute atomic E-state index is 12.8. The first-order chi connectivity index (χ1) is 19.3. The van der Waals surface area contributed by atoms with E-state index in [1.165, 1.54) is 12.1 Å². The molecule has 2 aromatic rings. The molecule has 0 radical (unpaired) electrons. The minimum absolute atomic E-state index is 0.0951. The normalized spacial score (nSPS) is 20.1. The van der Waals surface area contributed by atoms with Crippen LogP contribution in [-0.2, 0) is 0 Å². The van der Waals surface area contributed by atoms with Gasteiger partial charge in [-0.2, -0.15) is 0 Å². The Morgan fingerprint density at radius 3 is 2.15 bits per heavy atom. The molecule has 2 aliphatic heterocycles. The smallest absolute Gasteiger partial charge is 0.406 e. The summed E-state index contributed by atoms with van der Waals surface area (Å²) >= 11 is 0. The number of likely N-dealkylation sites (tertiary alicyclic amines) is 1. The van der Waals surface area contributed by atoms with Gasteiger partial charge in [0.25, 0.3) is 0 Å². The molecule has 0 aliphatic carbocycles. The van der Waals surface area contributed by atoms with Crippen LogP contribution in [0.1, 0.15) is 63.6 Å². The summed E-state index contributed by atoms with van der Waals surface area (Å²) in [6.45, 7) is 15.1. The molecule has 2 atom stereocenters. The van der Waals surface area contributed by atoms with Crippen LogP contribution in [0.25, 0.3) is 0 Å². The predicted octanol–water partition coefficient (Wildman–Crippen LogP) is 6.79. The van der Waals surface area contributed by atoms with Gasteiger partial charge in [-0.3, -0.25) is 4.90 Å². The zero-order chi connectivity index (χ0) is 29.8. The summed E-state index contributed by atoms with van der Waals surface area (Å²) < 4.78 is 42.4. The zero-order valence-corrected chi connectivity index (χ0v) is 24.4. The fourth-order valence-electron chi connectivity index (χ4n) is 6.32. The number of piperazine rings is 1. The summed E-state index contributed by atoms with van der Waals surface area (Å²) in [6, 6.07) is 16.2. The second kappa shape index (κ2) is 12.8. The number of piperidine rings is 1. The number of ether oxygens (including phenoxy) is 1. The van der Waals surface area contributed by atoms with Crippen molar-refractivity contribution in [2.75, 3.05) is 32.7 Å². The SMILES string of the molecule is C=C(CC1CCN(C(N)=O)CC1)N1CCN(C(c2ccccc2)c2ccc(OC(F)(F)F)cc2)CC1CC(C)(C)C. The number of hydrogen-bond acceptors (Lipinski definition) is 4. The van der Waals surface area contributed by atoms with E-state index in [0.29, 0.717) is 19.0 Å². The molecule has 2 heterocycles. The third kappa shape index (κ3) is 8.64. The van der Waals surface area contributed by atoms with Crippen molar-refractivity contribution in [1.82, 2.24) is 14.7 Å². The molecule has 2 unspecified atom stereocenters. The van der Waals surface area contributed by atoms with Gasteiger partial charge in [0.15, 0.2) is 0 Å². The van der Waals surface area contributed by atoms with Crippen molar-refractivity contribution in [1.29, 1.82) is 0 Å². The number of nitrogens with two attached hydrogens (primary N) is 1. The van der Waals surface area contributed by atoms with Gasteiger partial charge in [0.05, 0.1) is 6.04 Å². The van der Waals surface area contributed by atoms with Crippen LogP contribution in [0.4, 0.5) is 18.0 Å². The van der Waals surface area contributed by atoms with Crippen molar-refractivity contribution in [3.8, 4) is 5.75 Å². The standard InChI is InChI=1S/C32H43F3N4O2/c1-23(20-24-14-16-37(17-15-24)30(36)40)39-19-18-38(22-27(39)21-31(2,3)4)29(25-8-6-5-7-9-25)26-10-12-28(13-11-26)41-32(33,34)35/h5-13,24,27,29H,1,14-22H2,2-4H3,(H2,36,40). The predicted molar refractivity (Wildman–Crippen MR) is 155 cm³/mol. The molecule has 2 N–H and O–H groups in total. The molecule has 224 valence electrons. The topological polar surface area (TPSA) is 62.0 Å². The number of hydrogen-bond donors (Lipinski definition) is 1. The maximum atomic E-state index is 12.8. The van der Waals surface area contributed by atoms with Crippen LogP contribution in [0.3, 0.4) is 0 Å². The van der Waals surface area contributed by atoms with Gasteiger partial charge < -0.3 is 20.3 Å². The number of carbonyl (C=O) groups excluding carboxylic acids is 1. The van der Waals surface area contributed by atoms with E-state index in [2.05, 4.69) is 54.0 Å². The number of alkyl halides is 3. The summed E-state index contributed by atoms with van der Waals surface area (Å²) in [4.78, 5) is 18.2. The molecule has 0 bridgehead atoms. The molecule has 2 amide bonds. The zero-order valence-electron chi connectivity index (χ0n) is 24.4. The second-order valence-electron chi connectivity index (χ2n) is 12.6. The lowest BCUT2D eigenvalue weighted by Gasteiger charge is -2.48. The van der Waals surface area contributed by atoms with E-state index in [0.717, 1.165) is 62.1 Å². The van der Waals surface area contributed by atoms with E-state index >= 15 is 0 Å². The molecule has 0 spiro atoms. The molecule has 0 aromatic heterocycles. The van der Waals surface area contributed by atoms with Crippen LogP contribution in [0.15, 0.2) is 66.9 Å².